The molecule has 0 radical (unpaired) electrons. The van der Waals surface area contributed by atoms with E-state index in [9.17, 15) is 9.18 Å². The Morgan fingerprint density at radius 1 is 1.02 bits per heavy atom. The summed E-state index contributed by atoms with van der Waals surface area (Å²) in [6.07, 6.45) is 7.53. The first-order valence-electron chi connectivity index (χ1n) is 15.9. The van der Waals surface area contributed by atoms with E-state index in [2.05, 4.69) is 49.3 Å². The van der Waals surface area contributed by atoms with Crippen molar-refractivity contribution in [2.24, 2.45) is 17.3 Å². The molecular weight excluding hydrogens is 529 g/mol. The minimum Gasteiger partial charge on any atom is -0.494 e. The summed E-state index contributed by atoms with van der Waals surface area (Å²) in [7, 11) is 0. The molecule has 6 aliphatic rings. The second-order valence-corrected chi connectivity index (χ2v) is 14.0. The molecule has 9 rings (SSSR count). The van der Waals surface area contributed by atoms with Crippen molar-refractivity contribution < 1.29 is 18.4 Å². The molecule has 3 aromatic rings. The van der Waals surface area contributed by atoms with Gasteiger partial charge in [0.15, 0.2) is 5.82 Å². The lowest BCUT2D eigenvalue weighted by atomic mass is 9.53. The molecule has 7 heteroatoms. The SMILES string of the molecule is CCOc1ccc(-c2cccc(N(CC34CCC(c5nc(C(C)C)no5)(CC3)CC4)C(=O)[C@@H]3CC4(F)CC3C4)c2)cc1. The number of nitrogens with zero attached hydrogens (tertiary/aromatic N) is 3. The number of carbonyl (C=O) groups is 1. The molecule has 1 atom stereocenters. The van der Waals surface area contributed by atoms with E-state index in [0.29, 0.717) is 32.4 Å². The first-order valence-corrected chi connectivity index (χ1v) is 15.9. The third kappa shape index (κ3) is 4.73. The number of carbonyl (C=O) groups excluding carboxylic acids is 1. The molecule has 0 spiro atoms. The van der Waals surface area contributed by atoms with Crippen molar-refractivity contribution in [3.8, 4) is 16.9 Å². The Morgan fingerprint density at radius 2 is 1.74 bits per heavy atom. The Kier molecular flexibility index (Phi) is 6.70. The molecular formula is C35H42FN3O3. The number of anilines is 1. The number of amides is 1. The van der Waals surface area contributed by atoms with Crippen molar-refractivity contribution in [2.75, 3.05) is 18.1 Å². The molecule has 42 heavy (non-hydrogen) atoms. The molecule has 1 amide bonds. The molecule has 1 aromatic heterocycles. The maximum Gasteiger partial charge on any atom is 0.232 e. The number of alkyl halides is 1. The summed E-state index contributed by atoms with van der Waals surface area (Å²) in [5, 5.41) is 4.26. The second kappa shape index (κ2) is 10.2. The predicted octanol–water partition coefficient (Wildman–Crippen LogP) is 8.02. The molecule has 0 saturated heterocycles. The van der Waals surface area contributed by atoms with E-state index in [1.165, 1.54) is 0 Å². The molecule has 6 saturated carbocycles. The average Bonchev–Trinajstić information content (AvgIpc) is 3.71. The average molecular weight is 572 g/mol. The third-order valence-electron chi connectivity index (χ3n) is 11.0. The molecule has 0 aliphatic heterocycles. The Morgan fingerprint density at radius 3 is 2.33 bits per heavy atom. The Labute approximate surface area is 248 Å². The zero-order valence-corrected chi connectivity index (χ0v) is 25.1. The van der Waals surface area contributed by atoms with Crippen LogP contribution in [-0.4, -0.2) is 34.9 Å². The maximum atomic E-state index is 15.0. The zero-order valence-electron chi connectivity index (χ0n) is 25.1. The molecule has 2 aromatic carbocycles. The van der Waals surface area contributed by atoms with Crippen LogP contribution in [0.4, 0.5) is 10.1 Å². The summed E-state index contributed by atoms with van der Waals surface area (Å²) >= 11 is 0. The van der Waals surface area contributed by atoms with E-state index < -0.39 is 5.67 Å². The van der Waals surface area contributed by atoms with Crippen molar-refractivity contribution in [2.45, 2.75) is 95.6 Å². The Balaban J connectivity index is 1.16. The molecule has 1 heterocycles. The van der Waals surface area contributed by atoms with Crippen LogP contribution in [-0.2, 0) is 10.2 Å². The van der Waals surface area contributed by atoms with Crippen LogP contribution in [0.15, 0.2) is 53.1 Å². The number of hydrogen-bond donors (Lipinski definition) is 0. The number of halogens is 1. The fourth-order valence-electron chi connectivity index (χ4n) is 8.28. The second-order valence-electron chi connectivity index (χ2n) is 14.0. The van der Waals surface area contributed by atoms with Gasteiger partial charge in [-0.1, -0.05) is 43.3 Å². The van der Waals surface area contributed by atoms with Crippen molar-refractivity contribution in [3.05, 3.63) is 60.2 Å². The first-order chi connectivity index (χ1) is 20.2. The van der Waals surface area contributed by atoms with E-state index in [1.54, 1.807) is 0 Å². The normalized spacial score (nSPS) is 31.3. The summed E-state index contributed by atoms with van der Waals surface area (Å²) < 4.78 is 26.4. The van der Waals surface area contributed by atoms with Crippen LogP contribution >= 0.6 is 0 Å². The van der Waals surface area contributed by atoms with Gasteiger partial charge in [0.25, 0.3) is 0 Å². The van der Waals surface area contributed by atoms with E-state index in [1.807, 2.05) is 30.0 Å². The molecule has 0 N–H and O–H groups in total. The maximum absolute atomic E-state index is 15.0. The van der Waals surface area contributed by atoms with Gasteiger partial charge < -0.3 is 14.2 Å². The van der Waals surface area contributed by atoms with Crippen molar-refractivity contribution in [3.63, 3.8) is 0 Å². The highest BCUT2D eigenvalue weighted by molar-refractivity contribution is 5.96. The number of aromatic nitrogens is 2. The monoisotopic (exact) mass is 571 g/mol. The van der Waals surface area contributed by atoms with Crippen LogP contribution in [0.5, 0.6) is 5.75 Å². The van der Waals surface area contributed by atoms with Gasteiger partial charge in [-0.25, -0.2) is 4.39 Å². The van der Waals surface area contributed by atoms with Crippen molar-refractivity contribution in [1.29, 1.82) is 0 Å². The lowest BCUT2D eigenvalue weighted by molar-refractivity contribution is -0.123. The van der Waals surface area contributed by atoms with Crippen LogP contribution in [0.3, 0.4) is 0 Å². The number of rotatable bonds is 9. The van der Waals surface area contributed by atoms with Crippen molar-refractivity contribution >= 4 is 11.6 Å². The highest BCUT2D eigenvalue weighted by atomic mass is 19.1. The standard InChI is InChI=1S/C35H42FN3O3/c1-4-41-28-10-8-24(9-11-28)25-6-5-7-27(18-25)39(31(40)29-21-35(36)19-26(29)20-35)22-33-12-15-34(16-13-33,17-14-33)32-37-30(23(2)3)38-42-32/h5-11,18,23,26,29H,4,12-17,19-22H2,1-3H3/t26?,29-,33?,34?,35?/m1/s1. The van der Waals surface area contributed by atoms with Gasteiger partial charge in [0.05, 0.1) is 6.61 Å². The fourth-order valence-corrected chi connectivity index (χ4v) is 8.28. The van der Waals surface area contributed by atoms with Gasteiger partial charge in [-0.3, -0.25) is 4.79 Å². The van der Waals surface area contributed by atoms with Gasteiger partial charge in [-0.05, 0) is 111 Å². The van der Waals surface area contributed by atoms with E-state index in [-0.39, 0.29) is 34.5 Å². The molecule has 222 valence electrons. The van der Waals surface area contributed by atoms with Gasteiger partial charge in [0.1, 0.15) is 11.4 Å². The predicted molar refractivity (Wildman–Crippen MR) is 160 cm³/mol. The largest absolute Gasteiger partial charge is 0.494 e. The quantitative estimate of drug-likeness (QED) is 0.260. The van der Waals surface area contributed by atoms with Gasteiger partial charge in [0, 0.05) is 29.5 Å². The number of ether oxygens (including phenoxy) is 1. The Bertz CT molecular complexity index is 1430. The van der Waals surface area contributed by atoms with Crippen LogP contribution in [0, 0.1) is 17.3 Å². The smallest absolute Gasteiger partial charge is 0.232 e. The third-order valence-corrected chi connectivity index (χ3v) is 11.0. The van der Waals surface area contributed by atoms with Gasteiger partial charge in [-0.15, -0.1) is 0 Å². The van der Waals surface area contributed by atoms with E-state index in [4.69, 9.17) is 14.2 Å². The van der Waals surface area contributed by atoms with Crippen LogP contribution in [0.2, 0.25) is 0 Å². The van der Waals surface area contributed by atoms with E-state index in [0.717, 1.165) is 72.8 Å². The topological polar surface area (TPSA) is 68.5 Å². The molecule has 6 nitrogen and oxygen atoms in total. The van der Waals surface area contributed by atoms with Crippen LogP contribution < -0.4 is 9.64 Å². The van der Waals surface area contributed by atoms with Gasteiger partial charge in [-0.2, -0.15) is 4.98 Å². The first kappa shape index (κ1) is 27.6. The number of benzene rings is 2. The molecule has 6 fully saturated rings. The zero-order chi connectivity index (χ0) is 29.1. The number of fused-ring (bicyclic) bond motifs is 4. The highest BCUT2D eigenvalue weighted by Crippen LogP contribution is 2.60. The minimum absolute atomic E-state index is 0.0441. The summed E-state index contributed by atoms with van der Waals surface area (Å²) in [6.45, 7) is 7.47. The van der Waals surface area contributed by atoms with Crippen molar-refractivity contribution in [1.82, 2.24) is 10.1 Å². The molecule has 0 unspecified atom stereocenters. The molecule has 6 aliphatic carbocycles. The Hall–Kier alpha value is -3.22. The van der Waals surface area contributed by atoms with Crippen LogP contribution in [0.1, 0.15) is 96.2 Å². The highest BCUT2D eigenvalue weighted by Gasteiger charge is 2.60. The number of hydrogen-bond acceptors (Lipinski definition) is 5. The van der Waals surface area contributed by atoms with Gasteiger partial charge >= 0.3 is 0 Å². The summed E-state index contributed by atoms with van der Waals surface area (Å²) in [4.78, 5) is 21.1. The summed E-state index contributed by atoms with van der Waals surface area (Å²) in [6, 6.07) is 16.4. The lowest BCUT2D eigenvalue weighted by Crippen LogP contribution is -2.51. The summed E-state index contributed by atoms with van der Waals surface area (Å²) in [5.41, 5.74) is 1.93. The minimum atomic E-state index is -1.13. The summed E-state index contributed by atoms with van der Waals surface area (Å²) in [5.74, 6) is 2.74. The van der Waals surface area contributed by atoms with Crippen LogP contribution in [0.25, 0.3) is 11.1 Å². The lowest BCUT2D eigenvalue weighted by Gasteiger charge is -2.53. The van der Waals surface area contributed by atoms with Gasteiger partial charge in [0.2, 0.25) is 11.8 Å². The molecule has 4 bridgehead atoms. The van der Waals surface area contributed by atoms with E-state index >= 15 is 0 Å². The fraction of sp³-hybridized carbons (Fsp3) is 0.571.